The summed E-state index contributed by atoms with van der Waals surface area (Å²) in [5.74, 6) is -3.30. The van der Waals surface area contributed by atoms with E-state index in [4.69, 9.17) is 35.9 Å². The number of ether oxygens (including phenoxy) is 5. The Balaban J connectivity index is -0.000000509. The van der Waals surface area contributed by atoms with Gasteiger partial charge in [0.15, 0.2) is 5.78 Å². The summed E-state index contributed by atoms with van der Waals surface area (Å²) < 4.78 is 170. The average Bonchev–Trinajstić information content (AvgIpc) is 3.13. The highest BCUT2D eigenvalue weighted by molar-refractivity contribution is 6.14. The van der Waals surface area contributed by atoms with Crippen molar-refractivity contribution in [3.8, 4) is 0 Å². The molecule has 404 valence electrons. The fourth-order valence-electron chi connectivity index (χ4n) is 3.91. The van der Waals surface area contributed by atoms with Gasteiger partial charge in [-0.3, -0.25) is 14.4 Å². The molecule has 0 aromatic carbocycles. The zero-order valence-corrected chi connectivity index (χ0v) is 39.3. The smallest absolute Gasteiger partial charge is 0.423 e. The molecule has 0 aliphatic rings. The SMILES string of the molecule is C.COC(C)(C)C(=O)N[C@@H](CCCNC(=O)OC(C)(C)C)C(=O)COC(C(F)(F)F)C(F)(F)F.COC(C)(C)C(=O)N[C@@H](CCCNC(=O)OC(C)(C)C)C(=O)OCl.OC(C(F)(F)F)C(F)(F)F. The van der Waals surface area contributed by atoms with Gasteiger partial charge in [0, 0.05) is 27.3 Å². The van der Waals surface area contributed by atoms with Crippen molar-refractivity contribution >= 4 is 47.6 Å². The first-order valence-corrected chi connectivity index (χ1v) is 19.7. The molecule has 2 atom stereocenters. The maximum absolute atomic E-state index is 12.6. The van der Waals surface area contributed by atoms with Crippen LogP contribution in [-0.4, -0.2) is 146 Å². The van der Waals surface area contributed by atoms with Gasteiger partial charge in [0.05, 0.1) is 6.04 Å². The number of carbonyl (C=O) groups excluding carboxylic acids is 6. The number of methoxy groups -OCH3 is 2. The van der Waals surface area contributed by atoms with E-state index in [1.807, 2.05) is 0 Å². The van der Waals surface area contributed by atoms with Gasteiger partial charge in [-0.25, -0.2) is 14.4 Å². The summed E-state index contributed by atoms with van der Waals surface area (Å²) in [6.45, 7) is 14.6. The van der Waals surface area contributed by atoms with Crippen LogP contribution in [0.3, 0.4) is 0 Å². The Morgan fingerprint density at radius 2 is 0.882 bits per heavy atom. The van der Waals surface area contributed by atoms with Gasteiger partial charge in [-0.05, 0) is 94.9 Å². The van der Waals surface area contributed by atoms with E-state index in [1.165, 1.54) is 28.1 Å². The lowest BCUT2D eigenvalue weighted by atomic mass is 10.0. The number of hydrogen-bond donors (Lipinski definition) is 5. The number of alkyl carbamates (subject to hydrolysis) is 2. The second kappa shape index (κ2) is 29.2. The molecule has 17 nitrogen and oxygen atoms in total. The van der Waals surface area contributed by atoms with Gasteiger partial charge in [-0.15, -0.1) is 0 Å². The first-order valence-electron chi connectivity index (χ1n) is 19.4. The Morgan fingerprint density at radius 1 is 0.559 bits per heavy atom. The molecule has 68 heavy (non-hydrogen) atoms. The third kappa shape index (κ3) is 31.9. The molecule has 0 bridgehead atoms. The molecule has 0 fully saturated rings. The van der Waals surface area contributed by atoms with Crippen LogP contribution in [0.4, 0.5) is 62.3 Å². The first-order chi connectivity index (χ1) is 29.8. The molecule has 0 aliphatic heterocycles. The number of carbonyl (C=O) groups is 6. The van der Waals surface area contributed by atoms with E-state index in [0.29, 0.717) is 6.42 Å². The topological polar surface area (TPSA) is 226 Å². The molecule has 0 heterocycles. The number of nitrogens with one attached hydrogen (secondary N) is 4. The number of aliphatic hydroxyl groups is 1. The van der Waals surface area contributed by atoms with Crippen molar-refractivity contribution in [1.29, 1.82) is 0 Å². The number of rotatable bonds is 19. The van der Waals surface area contributed by atoms with Gasteiger partial charge in [0.2, 0.25) is 12.2 Å². The molecule has 4 amide bonds. The lowest BCUT2D eigenvalue weighted by Crippen LogP contribution is -2.52. The summed E-state index contributed by atoms with van der Waals surface area (Å²) >= 11 is 5.09. The van der Waals surface area contributed by atoms with Gasteiger partial charge >= 0.3 is 42.9 Å². The molecule has 0 rings (SSSR count). The molecule has 0 radical (unpaired) electrons. The van der Waals surface area contributed by atoms with Crippen molar-refractivity contribution < 1.29 is 115 Å². The van der Waals surface area contributed by atoms with Crippen LogP contribution in [-0.2, 0) is 47.2 Å². The molecular formula is C38H63ClF12N4O13. The van der Waals surface area contributed by atoms with Gasteiger partial charge in [-0.2, -0.15) is 52.7 Å². The third-order valence-corrected chi connectivity index (χ3v) is 7.91. The molecule has 0 spiro atoms. The molecule has 0 aromatic heterocycles. The zero-order chi connectivity index (χ0) is 53.8. The number of ketones is 1. The minimum Gasteiger partial charge on any atom is -0.444 e. The Bertz CT molecular complexity index is 1540. The van der Waals surface area contributed by atoms with Crippen LogP contribution in [0.5, 0.6) is 0 Å². The fourth-order valence-corrected chi connectivity index (χ4v) is 4.02. The van der Waals surface area contributed by atoms with Crippen LogP contribution in [0, 0.1) is 0 Å². The maximum atomic E-state index is 12.6. The number of aliphatic hydroxyl groups excluding tert-OH is 1. The Morgan fingerprint density at radius 3 is 1.15 bits per heavy atom. The lowest BCUT2D eigenvalue weighted by Gasteiger charge is -2.27. The van der Waals surface area contributed by atoms with Crippen molar-refractivity contribution in [2.75, 3.05) is 33.9 Å². The van der Waals surface area contributed by atoms with Crippen LogP contribution < -0.4 is 21.3 Å². The summed E-state index contributed by atoms with van der Waals surface area (Å²) in [7, 11) is 2.58. The van der Waals surface area contributed by atoms with Crippen molar-refractivity contribution in [3.63, 3.8) is 0 Å². The van der Waals surface area contributed by atoms with E-state index in [9.17, 15) is 81.5 Å². The molecule has 0 unspecified atom stereocenters. The largest absolute Gasteiger partial charge is 0.444 e. The zero-order valence-electron chi connectivity index (χ0n) is 38.5. The van der Waals surface area contributed by atoms with Crippen molar-refractivity contribution in [2.45, 2.75) is 174 Å². The summed E-state index contributed by atoms with van der Waals surface area (Å²) in [6.07, 6.45) is -32.1. The summed E-state index contributed by atoms with van der Waals surface area (Å²) in [4.78, 5) is 71.5. The number of Topliss-reactive ketones (excluding diaryl/α,β-unsaturated/α-hetero) is 1. The van der Waals surface area contributed by atoms with Gasteiger partial charge in [0.25, 0.3) is 11.8 Å². The highest BCUT2D eigenvalue weighted by atomic mass is 35.5. The molecular weight excluding hydrogens is 984 g/mol. The van der Waals surface area contributed by atoms with Gasteiger partial charge in [0.1, 0.15) is 46.9 Å². The van der Waals surface area contributed by atoms with Crippen LogP contribution >= 0.6 is 11.9 Å². The van der Waals surface area contributed by atoms with Crippen molar-refractivity contribution in [3.05, 3.63) is 0 Å². The Kier molecular flexibility index (Phi) is 30.2. The Hall–Kier alpha value is -4.09. The fraction of sp³-hybridized carbons (Fsp3) is 0.842. The predicted octanol–water partition coefficient (Wildman–Crippen LogP) is 7.29. The van der Waals surface area contributed by atoms with Crippen molar-refractivity contribution in [1.82, 2.24) is 21.3 Å². The summed E-state index contributed by atoms with van der Waals surface area (Å²) in [6, 6.07) is -2.43. The number of amides is 4. The monoisotopic (exact) mass is 1050 g/mol. The molecule has 0 saturated heterocycles. The molecule has 30 heteroatoms. The van der Waals surface area contributed by atoms with Crippen LogP contribution in [0.2, 0.25) is 0 Å². The third-order valence-electron chi connectivity index (χ3n) is 7.76. The van der Waals surface area contributed by atoms with Crippen LogP contribution in [0.1, 0.15) is 102 Å². The first kappa shape index (κ1) is 70.5. The van der Waals surface area contributed by atoms with E-state index in [2.05, 4.69) is 30.3 Å². The second-order valence-electron chi connectivity index (χ2n) is 16.7. The summed E-state index contributed by atoms with van der Waals surface area (Å²) in [5, 5.41) is 17.2. The Labute approximate surface area is 390 Å². The predicted molar refractivity (Wildman–Crippen MR) is 217 cm³/mol. The average molecular weight is 1050 g/mol. The van der Waals surface area contributed by atoms with E-state index < -0.39 is 114 Å². The number of halogens is 13. The van der Waals surface area contributed by atoms with E-state index in [-0.39, 0.29) is 39.8 Å². The van der Waals surface area contributed by atoms with E-state index in [0.717, 1.165) is 0 Å². The normalized spacial score (nSPS) is 13.5. The van der Waals surface area contributed by atoms with Crippen LogP contribution in [0.25, 0.3) is 0 Å². The minimum absolute atomic E-state index is 0. The van der Waals surface area contributed by atoms with Gasteiger partial charge < -0.3 is 54.3 Å². The quantitative estimate of drug-likeness (QED) is 0.0634. The maximum Gasteiger partial charge on any atom is 0.423 e. The summed E-state index contributed by atoms with van der Waals surface area (Å²) in [5.41, 5.74) is -3.89. The van der Waals surface area contributed by atoms with Gasteiger partial charge in [-0.1, -0.05) is 7.43 Å². The highest BCUT2D eigenvalue weighted by Gasteiger charge is 2.58. The lowest BCUT2D eigenvalue weighted by molar-refractivity contribution is -0.319. The standard InChI is InChI=1S/C19H30F6N2O6.C15H27ClN2O6.C3H2F6O.CH4/c1-16(2,3)33-15(30)26-9-7-8-11(27-14(29)17(4,5)31-6)12(28)10-32-13(18(20,21)22)19(23,24)25;1-14(2,3)23-13(21)17-9-7-8-10(11(19)24-16)18-12(20)15(4,5)22-6;4-2(5,6)1(10)3(7,8)9;/h11,13H,7-10H2,1-6H3,(H,26,30)(H,27,29);10H,7-9H2,1-6H3,(H,17,21)(H,18,20);1,10H;1H4/t11-;10-;;/m00../s1. The molecule has 0 aliphatic carbocycles. The molecule has 0 aromatic rings. The highest BCUT2D eigenvalue weighted by Crippen LogP contribution is 2.36. The van der Waals surface area contributed by atoms with E-state index in [1.54, 1.807) is 55.4 Å². The van der Waals surface area contributed by atoms with Crippen molar-refractivity contribution in [2.24, 2.45) is 0 Å². The van der Waals surface area contributed by atoms with E-state index >= 15 is 0 Å². The number of alkyl halides is 12. The molecule has 0 saturated carbocycles. The molecule has 5 N–H and O–H groups in total. The minimum atomic E-state index is -5.79. The second-order valence-corrected chi connectivity index (χ2v) is 16.9. The van der Waals surface area contributed by atoms with Crippen LogP contribution in [0.15, 0.2) is 0 Å². The number of hydrogen-bond acceptors (Lipinski definition) is 13.